The summed E-state index contributed by atoms with van der Waals surface area (Å²) in [7, 11) is 0. The highest BCUT2D eigenvalue weighted by Crippen LogP contribution is 2.18. The van der Waals surface area contributed by atoms with E-state index in [1.165, 1.54) is 5.56 Å². The van der Waals surface area contributed by atoms with Gasteiger partial charge in [-0.15, -0.1) is 0 Å². The minimum absolute atomic E-state index is 0.0153. The second-order valence-corrected chi connectivity index (χ2v) is 4.94. The van der Waals surface area contributed by atoms with Crippen LogP contribution in [0.25, 0.3) is 0 Å². The van der Waals surface area contributed by atoms with Gasteiger partial charge in [-0.2, -0.15) is 4.99 Å². The van der Waals surface area contributed by atoms with Crippen molar-refractivity contribution in [3.05, 3.63) is 60.2 Å². The molecular formula is C17H21N5O. The topological polar surface area (TPSA) is 112 Å². The van der Waals surface area contributed by atoms with E-state index in [-0.39, 0.29) is 11.9 Å². The second-order valence-electron chi connectivity index (χ2n) is 4.94. The smallest absolute Gasteiger partial charge is 0.223 e. The van der Waals surface area contributed by atoms with Gasteiger partial charge in [0, 0.05) is 0 Å². The fourth-order valence-corrected chi connectivity index (χ4v) is 2.02. The van der Waals surface area contributed by atoms with Crippen molar-refractivity contribution in [1.29, 1.82) is 0 Å². The first-order valence-corrected chi connectivity index (χ1v) is 7.34. The SMILES string of the molecule is NC(N)=NC(N)=Nc1ccc(OCCCc2ccccc2)cc1. The highest BCUT2D eigenvalue weighted by atomic mass is 16.5. The Morgan fingerprint density at radius 2 is 1.61 bits per heavy atom. The average Bonchev–Trinajstić information content (AvgIpc) is 2.53. The van der Waals surface area contributed by atoms with E-state index in [1.54, 1.807) is 12.1 Å². The number of hydrogen-bond acceptors (Lipinski definition) is 2. The fraction of sp³-hybridized carbons (Fsp3) is 0.176. The maximum Gasteiger partial charge on any atom is 0.223 e. The maximum absolute atomic E-state index is 5.70. The lowest BCUT2D eigenvalue weighted by Gasteiger charge is -2.06. The molecule has 0 aliphatic heterocycles. The molecular weight excluding hydrogens is 290 g/mol. The minimum Gasteiger partial charge on any atom is -0.494 e. The van der Waals surface area contributed by atoms with E-state index in [2.05, 4.69) is 22.1 Å². The van der Waals surface area contributed by atoms with Gasteiger partial charge in [0.2, 0.25) is 5.96 Å². The molecule has 0 fully saturated rings. The molecule has 6 heteroatoms. The predicted molar refractivity (Wildman–Crippen MR) is 93.8 cm³/mol. The molecule has 0 aromatic heterocycles. The van der Waals surface area contributed by atoms with Gasteiger partial charge in [0.25, 0.3) is 0 Å². The molecule has 2 aromatic carbocycles. The molecule has 0 bridgehead atoms. The molecule has 0 spiro atoms. The van der Waals surface area contributed by atoms with Crippen LogP contribution in [0.4, 0.5) is 5.69 Å². The minimum atomic E-state index is -0.121. The van der Waals surface area contributed by atoms with Crippen LogP contribution in [-0.2, 0) is 6.42 Å². The van der Waals surface area contributed by atoms with Crippen molar-refractivity contribution in [2.75, 3.05) is 6.61 Å². The number of hydrogen-bond donors (Lipinski definition) is 3. The predicted octanol–water partition coefficient (Wildman–Crippen LogP) is 1.92. The van der Waals surface area contributed by atoms with Crippen LogP contribution in [0.5, 0.6) is 5.75 Å². The lowest BCUT2D eigenvalue weighted by Crippen LogP contribution is -2.26. The summed E-state index contributed by atoms with van der Waals surface area (Å²) in [6.45, 7) is 0.660. The molecule has 0 saturated carbocycles. The molecule has 0 atom stereocenters. The van der Waals surface area contributed by atoms with Gasteiger partial charge in [-0.05, 0) is 42.7 Å². The van der Waals surface area contributed by atoms with Crippen LogP contribution in [0.15, 0.2) is 64.6 Å². The van der Waals surface area contributed by atoms with Gasteiger partial charge in [0.05, 0.1) is 12.3 Å². The standard InChI is InChI=1S/C17H21N5O/c18-16(19)22-17(20)21-14-8-10-15(11-9-14)23-12-4-7-13-5-2-1-3-6-13/h1-3,5-6,8-11H,4,7,12H2,(H6,18,19,20,21,22). The molecule has 2 aromatic rings. The van der Waals surface area contributed by atoms with Crippen LogP contribution in [-0.4, -0.2) is 18.5 Å². The van der Waals surface area contributed by atoms with Gasteiger partial charge in [0.1, 0.15) is 5.75 Å². The Balaban J connectivity index is 1.80. The van der Waals surface area contributed by atoms with Gasteiger partial charge in [-0.3, -0.25) is 0 Å². The van der Waals surface area contributed by atoms with E-state index in [0.717, 1.165) is 18.6 Å². The lowest BCUT2D eigenvalue weighted by molar-refractivity contribution is 0.311. The van der Waals surface area contributed by atoms with E-state index in [4.69, 9.17) is 21.9 Å². The number of benzene rings is 2. The van der Waals surface area contributed by atoms with Gasteiger partial charge in [-0.1, -0.05) is 30.3 Å². The summed E-state index contributed by atoms with van der Waals surface area (Å²) in [5.41, 5.74) is 18.0. The maximum atomic E-state index is 5.70. The quantitative estimate of drug-likeness (QED) is 0.430. The van der Waals surface area contributed by atoms with Gasteiger partial charge >= 0.3 is 0 Å². The zero-order valence-corrected chi connectivity index (χ0v) is 12.9. The number of aliphatic imine (C=N–C) groups is 2. The molecule has 120 valence electrons. The second kappa shape index (κ2) is 8.43. The number of nitrogens with two attached hydrogens (primary N) is 3. The van der Waals surface area contributed by atoms with Crippen molar-refractivity contribution in [2.24, 2.45) is 27.2 Å². The molecule has 0 heterocycles. The first kappa shape index (κ1) is 16.4. The van der Waals surface area contributed by atoms with Crippen LogP contribution < -0.4 is 21.9 Å². The highest BCUT2D eigenvalue weighted by Gasteiger charge is 1.97. The largest absolute Gasteiger partial charge is 0.494 e. The Morgan fingerprint density at radius 1 is 0.913 bits per heavy atom. The van der Waals surface area contributed by atoms with Gasteiger partial charge in [0.15, 0.2) is 5.96 Å². The van der Waals surface area contributed by atoms with E-state index < -0.39 is 0 Å². The third-order valence-corrected chi connectivity index (χ3v) is 3.05. The van der Waals surface area contributed by atoms with E-state index in [0.29, 0.717) is 12.3 Å². The summed E-state index contributed by atoms with van der Waals surface area (Å²) in [4.78, 5) is 7.72. The molecule has 0 aliphatic rings. The molecule has 0 aliphatic carbocycles. The van der Waals surface area contributed by atoms with Crippen molar-refractivity contribution in [1.82, 2.24) is 0 Å². The average molecular weight is 311 g/mol. The Bertz CT molecular complexity index is 661. The number of rotatable bonds is 6. The fourth-order valence-electron chi connectivity index (χ4n) is 2.02. The molecule has 0 unspecified atom stereocenters. The summed E-state index contributed by atoms with van der Waals surface area (Å²) < 4.78 is 5.70. The first-order valence-electron chi connectivity index (χ1n) is 7.34. The van der Waals surface area contributed by atoms with Crippen molar-refractivity contribution in [3.63, 3.8) is 0 Å². The highest BCUT2D eigenvalue weighted by molar-refractivity contribution is 5.93. The van der Waals surface area contributed by atoms with E-state index in [1.807, 2.05) is 30.3 Å². The lowest BCUT2D eigenvalue weighted by atomic mass is 10.1. The molecule has 0 radical (unpaired) electrons. The van der Waals surface area contributed by atoms with Crippen LogP contribution in [0.1, 0.15) is 12.0 Å². The molecule has 2 rings (SSSR count). The third kappa shape index (κ3) is 6.09. The van der Waals surface area contributed by atoms with Crippen LogP contribution in [0.3, 0.4) is 0 Å². The van der Waals surface area contributed by atoms with E-state index >= 15 is 0 Å². The van der Waals surface area contributed by atoms with Crippen LogP contribution in [0.2, 0.25) is 0 Å². The summed E-state index contributed by atoms with van der Waals surface area (Å²) >= 11 is 0. The summed E-state index contributed by atoms with van der Waals surface area (Å²) in [5, 5.41) is 0. The molecule has 0 amide bonds. The van der Waals surface area contributed by atoms with Crippen molar-refractivity contribution < 1.29 is 4.74 Å². The summed E-state index contributed by atoms with van der Waals surface area (Å²) in [6.07, 6.45) is 1.96. The van der Waals surface area contributed by atoms with Gasteiger partial charge < -0.3 is 21.9 Å². The third-order valence-electron chi connectivity index (χ3n) is 3.05. The number of ether oxygens (including phenoxy) is 1. The number of aryl methyl sites for hydroxylation is 1. The summed E-state index contributed by atoms with van der Waals surface area (Å²) in [5.74, 6) is 0.684. The first-order chi connectivity index (χ1) is 11.1. The van der Waals surface area contributed by atoms with Gasteiger partial charge in [-0.25, -0.2) is 4.99 Å². The Hall–Kier alpha value is -3.02. The monoisotopic (exact) mass is 311 g/mol. The van der Waals surface area contributed by atoms with Crippen LogP contribution in [0, 0.1) is 0 Å². The van der Waals surface area contributed by atoms with E-state index in [9.17, 15) is 0 Å². The summed E-state index contributed by atoms with van der Waals surface area (Å²) in [6, 6.07) is 17.6. The number of nitrogens with zero attached hydrogens (tertiary/aromatic N) is 2. The zero-order valence-electron chi connectivity index (χ0n) is 12.9. The van der Waals surface area contributed by atoms with Crippen molar-refractivity contribution in [3.8, 4) is 5.75 Å². The molecule has 23 heavy (non-hydrogen) atoms. The molecule has 6 N–H and O–H groups in total. The molecule has 6 nitrogen and oxygen atoms in total. The zero-order chi connectivity index (χ0) is 16.5. The number of guanidine groups is 2. The van der Waals surface area contributed by atoms with Crippen LogP contribution >= 0.6 is 0 Å². The van der Waals surface area contributed by atoms with Crippen molar-refractivity contribution in [2.45, 2.75) is 12.8 Å². The normalized spacial score (nSPS) is 11.0. The van der Waals surface area contributed by atoms with Crippen molar-refractivity contribution >= 4 is 17.6 Å². The Labute approximate surface area is 135 Å². The Kier molecular flexibility index (Phi) is 5.99. The molecule has 0 saturated heterocycles. The Morgan fingerprint density at radius 3 is 2.26 bits per heavy atom.